The van der Waals surface area contributed by atoms with Crippen LogP contribution in [0.15, 0.2) is 48.7 Å². The number of hydrogen-bond acceptors (Lipinski definition) is 2. The lowest BCUT2D eigenvalue weighted by atomic mass is 10.1. The van der Waals surface area contributed by atoms with Crippen LogP contribution in [-0.4, -0.2) is 29.0 Å². The Kier molecular flexibility index (Phi) is 5.59. The normalized spacial score (nSPS) is 18.3. The van der Waals surface area contributed by atoms with Crippen molar-refractivity contribution in [1.29, 1.82) is 0 Å². The van der Waals surface area contributed by atoms with Gasteiger partial charge in [-0.3, -0.25) is 4.79 Å². The molecule has 0 radical (unpaired) electrons. The Hall–Kier alpha value is -2.49. The molecule has 132 valence electrons. The van der Waals surface area contributed by atoms with Crippen molar-refractivity contribution >= 4 is 12.0 Å². The lowest BCUT2D eigenvalue weighted by Crippen LogP contribution is -2.34. The van der Waals surface area contributed by atoms with Gasteiger partial charge in [0, 0.05) is 31.6 Å². The van der Waals surface area contributed by atoms with Crippen LogP contribution < -0.4 is 4.74 Å². The molecular weight excluding hydrogens is 312 g/mol. The van der Waals surface area contributed by atoms with Gasteiger partial charge in [-0.2, -0.15) is 0 Å². The summed E-state index contributed by atoms with van der Waals surface area (Å²) in [7, 11) is 3.70. The summed E-state index contributed by atoms with van der Waals surface area (Å²) in [5.41, 5.74) is 2.18. The molecule has 0 N–H and O–H groups in total. The summed E-state index contributed by atoms with van der Waals surface area (Å²) in [5.74, 6) is 0.877. The van der Waals surface area contributed by atoms with E-state index in [9.17, 15) is 4.79 Å². The van der Waals surface area contributed by atoms with Crippen molar-refractivity contribution in [3.05, 3.63) is 59.9 Å². The van der Waals surface area contributed by atoms with Gasteiger partial charge >= 0.3 is 0 Å². The summed E-state index contributed by atoms with van der Waals surface area (Å²) in [6, 6.07) is 12.1. The molecule has 1 amide bonds. The third-order valence-electron chi connectivity index (χ3n) is 4.87. The molecule has 4 nitrogen and oxygen atoms in total. The fraction of sp³-hybridized carbons (Fsp3) is 0.381. The van der Waals surface area contributed by atoms with Gasteiger partial charge in [0.25, 0.3) is 0 Å². The number of amides is 1. The van der Waals surface area contributed by atoms with Gasteiger partial charge in [0.05, 0.1) is 13.2 Å². The Morgan fingerprint density at radius 1 is 1.20 bits per heavy atom. The molecule has 2 aromatic rings. The van der Waals surface area contributed by atoms with Crippen molar-refractivity contribution in [2.75, 3.05) is 13.7 Å². The first-order valence-corrected chi connectivity index (χ1v) is 8.93. The molecule has 2 heterocycles. The van der Waals surface area contributed by atoms with Crippen molar-refractivity contribution < 1.29 is 9.53 Å². The van der Waals surface area contributed by atoms with Crippen LogP contribution in [0, 0.1) is 0 Å². The van der Waals surface area contributed by atoms with Crippen LogP contribution in [0.3, 0.4) is 0 Å². The highest BCUT2D eigenvalue weighted by molar-refractivity contribution is 5.92. The highest BCUT2D eigenvalue weighted by atomic mass is 16.5. The van der Waals surface area contributed by atoms with E-state index in [4.69, 9.17) is 4.74 Å². The zero-order valence-electron chi connectivity index (χ0n) is 15.0. The average molecular weight is 338 g/mol. The number of ether oxygens (including phenoxy) is 1. The van der Waals surface area contributed by atoms with Gasteiger partial charge in [-0.15, -0.1) is 0 Å². The molecular formula is C21H26N2O2. The SMILES string of the molecule is COc1cccc(/C=C/C(=O)N2CCCCC[C@@H]2c2cccn2C)c1. The van der Waals surface area contributed by atoms with Crippen LogP contribution in [0.5, 0.6) is 5.75 Å². The number of carbonyl (C=O) groups excluding carboxylic acids is 1. The van der Waals surface area contributed by atoms with E-state index in [2.05, 4.69) is 29.9 Å². The monoisotopic (exact) mass is 338 g/mol. The molecule has 0 unspecified atom stereocenters. The molecule has 4 heteroatoms. The van der Waals surface area contributed by atoms with Gasteiger partial charge in [0.1, 0.15) is 5.75 Å². The Bertz CT molecular complexity index is 748. The molecule has 0 spiro atoms. The zero-order valence-corrected chi connectivity index (χ0v) is 15.0. The Labute approximate surface area is 149 Å². The van der Waals surface area contributed by atoms with E-state index < -0.39 is 0 Å². The van der Waals surface area contributed by atoms with Gasteiger partial charge in [0.2, 0.25) is 5.91 Å². The van der Waals surface area contributed by atoms with Gasteiger partial charge in [-0.1, -0.05) is 25.0 Å². The zero-order chi connectivity index (χ0) is 17.6. The quantitative estimate of drug-likeness (QED) is 0.784. The average Bonchev–Trinajstić information content (AvgIpc) is 2.91. The Morgan fingerprint density at radius 2 is 2.08 bits per heavy atom. The minimum atomic E-state index is 0.0796. The van der Waals surface area contributed by atoms with E-state index in [0.717, 1.165) is 30.7 Å². The first-order valence-electron chi connectivity index (χ1n) is 8.93. The molecule has 0 bridgehead atoms. The van der Waals surface area contributed by atoms with Crippen molar-refractivity contribution in [2.45, 2.75) is 31.7 Å². The third kappa shape index (κ3) is 4.13. The van der Waals surface area contributed by atoms with Crippen molar-refractivity contribution in [3.63, 3.8) is 0 Å². The Morgan fingerprint density at radius 3 is 2.84 bits per heavy atom. The second-order valence-electron chi connectivity index (χ2n) is 6.55. The molecule has 0 saturated carbocycles. The van der Waals surface area contributed by atoms with Gasteiger partial charge < -0.3 is 14.2 Å². The first kappa shape index (κ1) is 17.3. The van der Waals surface area contributed by atoms with Crippen LogP contribution in [0.2, 0.25) is 0 Å². The Balaban J connectivity index is 1.80. The number of rotatable bonds is 4. The van der Waals surface area contributed by atoms with Gasteiger partial charge in [-0.25, -0.2) is 0 Å². The molecule has 1 aromatic heterocycles. The summed E-state index contributed by atoms with van der Waals surface area (Å²) >= 11 is 0. The molecule has 1 saturated heterocycles. The minimum Gasteiger partial charge on any atom is -0.497 e. The number of likely N-dealkylation sites (tertiary alicyclic amines) is 1. The van der Waals surface area contributed by atoms with Crippen molar-refractivity contribution in [1.82, 2.24) is 9.47 Å². The maximum atomic E-state index is 12.9. The standard InChI is InChI=1S/C21H26N2O2/c1-22-14-7-11-19(22)20-10-4-3-5-15-23(20)21(24)13-12-17-8-6-9-18(16-17)25-2/h6-9,11-14,16,20H,3-5,10,15H2,1-2H3/b13-12+/t20-/m1/s1. The van der Waals surface area contributed by atoms with Gasteiger partial charge in [-0.05, 0) is 48.7 Å². The number of aryl methyl sites for hydroxylation is 1. The molecule has 1 fully saturated rings. The number of nitrogens with zero attached hydrogens (tertiary/aromatic N) is 2. The van der Waals surface area contributed by atoms with Crippen LogP contribution in [-0.2, 0) is 11.8 Å². The number of carbonyl (C=O) groups is 1. The predicted octanol–water partition coefficient (Wildman–Crippen LogP) is 4.19. The number of benzene rings is 1. The minimum absolute atomic E-state index is 0.0796. The smallest absolute Gasteiger partial charge is 0.247 e. The van der Waals surface area contributed by atoms with E-state index in [1.165, 1.54) is 18.5 Å². The molecule has 1 atom stereocenters. The molecule has 3 rings (SSSR count). The maximum absolute atomic E-state index is 12.9. The van der Waals surface area contributed by atoms with E-state index in [-0.39, 0.29) is 11.9 Å². The lowest BCUT2D eigenvalue weighted by Gasteiger charge is -2.29. The van der Waals surface area contributed by atoms with Crippen molar-refractivity contribution in [2.24, 2.45) is 7.05 Å². The number of aromatic nitrogens is 1. The fourth-order valence-electron chi connectivity index (χ4n) is 3.51. The van der Waals surface area contributed by atoms with E-state index in [1.54, 1.807) is 13.2 Å². The van der Waals surface area contributed by atoms with Crippen LogP contribution in [0.1, 0.15) is 43.0 Å². The highest BCUT2D eigenvalue weighted by Gasteiger charge is 2.26. The molecule has 1 aliphatic heterocycles. The largest absolute Gasteiger partial charge is 0.497 e. The van der Waals surface area contributed by atoms with Crippen LogP contribution in [0.4, 0.5) is 0 Å². The van der Waals surface area contributed by atoms with Crippen molar-refractivity contribution in [3.8, 4) is 5.75 Å². The summed E-state index contributed by atoms with van der Waals surface area (Å²) < 4.78 is 7.37. The summed E-state index contributed by atoms with van der Waals surface area (Å²) in [5, 5.41) is 0. The highest BCUT2D eigenvalue weighted by Crippen LogP contribution is 2.30. The maximum Gasteiger partial charge on any atom is 0.247 e. The molecule has 0 aliphatic carbocycles. The lowest BCUT2D eigenvalue weighted by molar-refractivity contribution is -0.128. The summed E-state index contributed by atoms with van der Waals surface area (Å²) in [6.07, 6.45) is 10.1. The molecule has 1 aromatic carbocycles. The number of methoxy groups -OCH3 is 1. The van der Waals surface area contributed by atoms with Crippen LogP contribution >= 0.6 is 0 Å². The van der Waals surface area contributed by atoms with E-state index in [1.807, 2.05) is 35.2 Å². The fourth-order valence-corrected chi connectivity index (χ4v) is 3.51. The van der Waals surface area contributed by atoms with Gasteiger partial charge in [0.15, 0.2) is 0 Å². The topological polar surface area (TPSA) is 34.5 Å². The summed E-state index contributed by atoms with van der Waals surface area (Å²) in [6.45, 7) is 0.817. The summed E-state index contributed by atoms with van der Waals surface area (Å²) in [4.78, 5) is 14.9. The number of hydrogen-bond donors (Lipinski definition) is 0. The molecule has 25 heavy (non-hydrogen) atoms. The second kappa shape index (κ2) is 8.06. The third-order valence-corrected chi connectivity index (χ3v) is 4.87. The second-order valence-corrected chi connectivity index (χ2v) is 6.55. The van der Waals surface area contributed by atoms with Crippen LogP contribution in [0.25, 0.3) is 6.08 Å². The predicted molar refractivity (Wildman–Crippen MR) is 100 cm³/mol. The van der Waals surface area contributed by atoms with E-state index in [0.29, 0.717) is 0 Å². The van der Waals surface area contributed by atoms with E-state index >= 15 is 0 Å². The molecule has 1 aliphatic rings. The first-order chi connectivity index (χ1) is 12.2.